The Balaban J connectivity index is 1.66. The third-order valence-electron chi connectivity index (χ3n) is 3.19. The Labute approximate surface area is 122 Å². The Hall–Kier alpha value is -2.40. The molecular formula is C16H16N2O3. The van der Waals surface area contributed by atoms with Crippen molar-refractivity contribution in [1.82, 2.24) is 4.98 Å². The van der Waals surface area contributed by atoms with Gasteiger partial charge in [0.25, 0.3) is 5.91 Å². The minimum Gasteiger partial charge on any atom is -0.439 e. The standard InChI is InChI=1S/C16H16N2O3/c19-16(14-7-4-10-20-14)18-12-8-9-17-15(11-12)21-13-5-2-1-3-6-13/h1-3,5-6,8-9,11,14H,4,7,10H2,(H,17,18,19)/t14-/m1/s1. The van der Waals surface area contributed by atoms with Crippen LogP contribution in [0.25, 0.3) is 0 Å². The van der Waals surface area contributed by atoms with Gasteiger partial charge in [-0.05, 0) is 31.0 Å². The summed E-state index contributed by atoms with van der Waals surface area (Å²) in [4.78, 5) is 16.1. The number of aromatic nitrogens is 1. The number of hydrogen-bond acceptors (Lipinski definition) is 4. The highest BCUT2D eigenvalue weighted by Crippen LogP contribution is 2.22. The number of carbonyl (C=O) groups excluding carboxylic acids is 1. The maximum atomic E-state index is 12.0. The van der Waals surface area contributed by atoms with Crippen molar-refractivity contribution in [3.05, 3.63) is 48.7 Å². The second-order valence-electron chi connectivity index (χ2n) is 4.79. The normalized spacial score (nSPS) is 17.4. The van der Waals surface area contributed by atoms with Crippen LogP contribution in [0.15, 0.2) is 48.7 Å². The molecule has 0 bridgehead atoms. The molecule has 1 fully saturated rings. The molecule has 2 aromatic rings. The average molecular weight is 284 g/mol. The number of nitrogens with one attached hydrogen (secondary N) is 1. The number of carbonyl (C=O) groups is 1. The Morgan fingerprint density at radius 3 is 2.90 bits per heavy atom. The van der Waals surface area contributed by atoms with E-state index in [1.54, 1.807) is 18.3 Å². The maximum Gasteiger partial charge on any atom is 0.253 e. The van der Waals surface area contributed by atoms with E-state index in [-0.39, 0.29) is 12.0 Å². The highest BCUT2D eigenvalue weighted by Gasteiger charge is 2.23. The smallest absolute Gasteiger partial charge is 0.253 e. The molecule has 1 N–H and O–H groups in total. The summed E-state index contributed by atoms with van der Waals surface area (Å²) in [6.07, 6.45) is 2.95. The predicted octanol–water partition coefficient (Wildman–Crippen LogP) is 2.99. The molecule has 1 aromatic carbocycles. The first-order chi connectivity index (χ1) is 10.3. The monoisotopic (exact) mass is 284 g/mol. The second-order valence-corrected chi connectivity index (χ2v) is 4.79. The van der Waals surface area contributed by atoms with Gasteiger partial charge < -0.3 is 14.8 Å². The average Bonchev–Trinajstić information content (AvgIpc) is 3.03. The van der Waals surface area contributed by atoms with E-state index in [9.17, 15) is 4.79 Å². The summed E-state index contributed by atoms with van der Waals surface area (Å²) in [5, 5.41) is 2.83. The number of para-hydroxylation sites is 1. The number of ether oxygens (including phenoxy) is 2. The van der Waals surface area contributed by atoms with Crippen molar-refractivity contribution in [2.75, 3.05) is 11.9 Å². The number of rotatable bonds is 4. The summed E-state index contributed by atoms with van der Waals surface area (Å²) in [5.74, 6) is 1.02. The summed E-state index contributed by atoms with van der Waals surface area (Å²) in [5.41, 5.74) is 0.649. The highest BCUT2D eigenvalue weighted by atomic mass is 16.5. The van der Waals surface area contributed by atoms with E-state index in [1.807, 2.05) is 30.3 Å². The van der Waals surface area contributed by atoms with Gasteiger partial charge in [-0.1, -0.05) is 18.2 Å². The fourth-order valence-electron chi connectivity index (χ4n) is 2.16. The number of amides is 1. The van der Waals surface area contributed by atoms with Crippen LogP contribution in [-0.2, 0) is 9.53 Å². The van der Waals surface area contributed by atoms with Gasteiger partial charge in [-0.3, -0.25) is 4.79 Å². The molecule has 1 aromatic heterocycles. The Morgan fingerprint density at radius 2 is 2.14 bits per heavy atom. The largest absolute Gasteiger partial charge is 0.439 e. The van der Waals surface area contributed by atoms with Crippen molar-refractivity contribution in [3.63, 3.8) is 0 Å². The van der Waals surface area contributed by atoms with E-state index in [4.69, 9.17) is 9.47 Å². The maximum absolute atomic E-state index is 12.0. The van der Waals surface area contributed by atoms with E-state index in [0.717, 1.165) is 12.8 Å². The SMILES string of the molecule is O=C(Nc1ccnc(Oc2ccccc2)c1)[C@H]1CCCO1. The lowest BCUT2D eigenvalue weighted by Crippen LogP contribution is -2.26. The quantitative estimate of drug-likeness (QED) is 0.937. The van der Waals surface area contributed by atoms with Crippen LogP contribution in [0.3, 0.4) is 0 Å². The van der Waals surface area contributed by atoms with Gasteiger partial charge in [0.05, 0.1) is 0 Å². The first kappa shape index (κ1) is 13.6. The number of pyridine rings is 1. The molecular weight excluding hydrogens is 268 g/mol. The molecule has 0 aliphatic carbocycles. The lowest BCUT2D eigenvalue weighted by atomic mass is 10.2. The van der Waals surface area contributed by atoms with Crippen LogP contribution in [-0.4, -0.2) is 23.6 Å². The van der Waals surface area contributed by atoms with E-state index in [2.05, 4.69) is 10.3 Å². The molecule has 0 spiro atoms. The summed E-state index contributed by atoms with van der Waals surface area (Å²) in [6.45, 7) is 0.650. The molecule has 0 unspecified atom stereocenters. The van der Waals surface area contributed by atoms with Gasteiger partial charge in [0.1, 0.15) is 11.9 Å². The van der Waals surface area contributed by atoms with Crippen molar-refractivity contribution in [2.45, 2.75) is 18.9 Å². The predicted molar refractivity (Wildman–Crippen MR) is 78.4 cm³/mol. The Kier molecular flexibility index (Phi) is 4.12. The number of nitrogens with zero attached hydrogens (tertiary/aromatic N) is 1. The molecule has 0 saturated carbocycles. The van der Waals surface area contributed by atoms with Crippen molar-refractivity contribution in [2.24, 2.45) is 0 Å². The molecule has 5 heteroatoms. The van der Waals surface area contributed by atoms with Crippen LogP contribution >= 0.6 is 0 Å². The molecule has 21 heavy (non-hydrogen) atoms. The molecule has 108 valence electrons. The fourth-order valence-corrected chi connectivity index (χ4v) is 2.16. The van der Waals surface area contributed by atoms with Crippen LogP contribution < -0.4 is 10.1 Å². The van der Waals surface area contributed by atoms with Crippen LogP contribution in [0.4, 0.5) is 5.69 Å². The first-order valence-corrected chi connectivity index (χ1v) is 6.93. The molecule has 1 atom stereocenters. The molecule has 0 radical (unpaired) electrons. The van der Waals surface area contributed by atoms with Crippen LogP contribution in [0.5, 0.6) is 11.6 Å². The summed E-state index contributed by atoms with van der Waals surface area (Å²) in [6, 6.07) is 12.8. The van der Waals surface area contributed by atoms with Crippen LogP contribution in [0, 0.1) is 0 Å². The molecule has 1 aliphatic heterocycles. The molecule has 3 rings (SSSR count). The molecule has 1 amide bonds. The van der Waals surface area contributed by atoms with Crippen molar-refractivity contribution < 1.29 is 14.3 Å². The van der Waals surface area contributed by atoms with Gasteiger partial charge in [0.2, 0.25) is 5.88 Å². The van der Waals surface area contributed by atoms with Crippen molar-refractivity contribution >= 4 is 11.6 Å². The minimum absolute atomic E-state index is 0.121. The number of hydrogen-bond donors (Lipinski definition) is 1. The molecule has 1 aliphatic rings. The summed E-state index contributed by atoms with van der Waals surface area (Å²) >= 11 is 0. The number of benzene rings is 1. The van der Waals surface area contributed by atoms with E-state index in [1.165, 1.54) is 0 Å². The van der Waals surface area contributed by atoms with Crippen LogP contribution in [0.2, 0.25) is 0 Å². The second kappa shape index (κ2) is 6.37. The fraction of sp³-hybridized carbons (Fsp3) is 0.250. The molecule has 2 heterocycles. The Morgan fingerprint density at radius 1 is 1.29 bits per heavy atom. The van der Waals surface area contributed by atoms with Crippen molar-refractivity contribution in [1.29, 1.82) is 0 Å². The lowest BCUT2D eigenvalue weighted by molar-refractivity contribution is -0.124. The van der Waals surface area contributed by atoms with E-state index >= 15 is 0 Å². The van der Waals surface area contributed by atoms with Gasteiger partial charge in [-0.2, -0.15) is 0 Å². The van der Waals surface area contributed by atoms with Crippen LogP contribution in [0.1, 0.15) is 12.8 Å². The third kappa shape index (κ3) is 3.58. The van der Waals surface area contributed by atoms with E-state index in [0.29, 0.717) is 23.9 Å². The number of anilines is 1. The van der Waals surface area contributed by atoms with E-state index < -0.39 is 0 Å². The van der Waals surface area contributed by atoms with Gasteiger partial charge in [-0.25, -0.2) is 4.98 Å². The lowest BCUT2D eigenvalue weighted by Gasteiger charge is -2.11. The summed E-state index contributed by atoms with van der Waals surface area (Å²) in [7, 11) is 0. The van der Waals surface area contributed by atoms with Crippen molar-refractivity contribution in [3.8, 4) is 11.6 Å². The zero-order chi connectivity index (χ0) is 14.5. The highest BCUT2D eigenvalue weighted by molar-refractivity contribution is 5.94. The topological polar surface area (TPSA) is 60.5 Å². The first-order valence-electron chi connectivity index (χ1n) is 6.93. The van der Waals surface area contributed by atoms with Gasteiger partial charge in [0, 0.05) is 24.6 Å². The van der Waals surface area contributed by atoms with Gasteiger partial charge in [0.15, 0.2) is 0 Å². The van der Waals surface area contributed by atoms with Gasteiger partial charge in [-0.15, -0.1) is 0 Å². The zero-order valence-corrected chi connectivity index (χ0v) is 11.5. The molecule has 5 nitrogen and oxygen atoms in total. The Bertz CT molecular complexity index is 610. The van der Waals surface area contributed by atoms with Gasteiger partial charge >= 0.3 is 0 Å². The third-order valence-corrected chi connectivity index (χ3v) is 3.19. The summed E-state index contributed by atoms with van der Waals surface area (Å²) < 4.78 is 11.0. The molecule has 1 saturated heterocycles. The minimum atomic E-state index is -0.350. The zero-order valence-electron chi connectivity index (χ0n) is 11.5.